The van der Waals surface area contributed by atoms with E-state index < -0.39 is 5.60 Å². The molecule has 2 N–H and O–H groups in total. The summed E-state index contributed by atoms with van der Waals surface area (Å²) in [6.07, 6.45) is 2.22. The third-order valence-electron chi connectivity index (χ3n) is 2.01. The zero-order chi connectivity index (χ0) is 10.8. The summed E-state index contributed by atoms with van der Waals surface area (Å²) >= 11 is 0. The van der Waals surface area contributed by atoms with Gasteiger partial charge >= 0.3 is 0 Å². The molecule has 0 aromatic rings. The van der Waals surface area contributed by atoms with Crippen LogP contribution in [0.2, 0.25) is 0 Å². The Balaban J connectivity index is 2.18. The lowest BCUT2D eigenvalue weighted by molar-refractivity contribution is -0.122. The summed E-state index contributed by atoms with van der Waals surface area (Å²) < 4.78 is 0. The largest absolute Gasteiger partial charge is 0.389 e. The zero-order valence-electron chi connectivity index (χ0n) is 9.21. The van der Waals surface area contributed by atoms with Gasteiger partial charge in [-0.3, -0.25) is 9.69 Å². The number of likely N-dealkylation sites (N-methyl/N-ethyl adjacent to an activating group) is 1. The van der Waals surface area contributed by atoms with Gasteiger partial charge in [-0.25, -0.2) is 0 Å². The van der Waals surface area contributed by atoms with Gasteiger partial charge in [0.1, 0.15) is 0 Å². The van der Waals surface area contributed by atoms with Crippen LogP contribution in [0.1, 0.15) is 26.7 Å². The fraction of sp³-hybridized carbons (Fsp3) is 0.900. The van der Waals surface area contributed by atoms with Crippen LogP contribution >= 0.6 is 0 Å². The normalized spacial score (nSPS) is 17.2. The first-order valence-corrected chi connectivity index (χ1v) is 5.07. The standard InChI is InChI=1S/C10H20N2O2/c1-10(2,14)7-12(3)6-9(13)11-8-4-5-8/h8,14H,4-7H2,1-3H3,(H,11,13). The van der Waals surface area contributed by atoms with E-state index in [2.05, 4.69) is 5.32 Å². The minimum absolute atomic E-state index is 0.0549. The number of rotatable bonds is 5. The van der Waals surface area contributed by atoms with Crippen molar-refractivity contribution in [3.63, 3.8) is 0 Å². The Morgan fingerprint density at radius 2 is 2.14 bits per heavy atom. The maximum absolute atomic E-state index is 11.4. The number of amides is 1. The predicted molar refractivity (Wildman–Crippen MR) is 55.0 cm³/mol. The highest BCUT2D eigenvalue weighted by Gasteiger charge is 2.24. The molecule has 0 aromatic carbocycles. The van der Waals surface area contributed by atoms with Gasteiger partial charge in [0.05, 0.1) is 12.1 Å². The van der Waals surface area contributed by atoms with Gasteiger partial charge in [0, 0.05) is 12.6 Å². The molecule has 1 amide bonds. The molecule has 0 atom stereocenters. The summed E-state index contributed by atoms with van der Waals surface area (Å²) in [5.41, 5.74) is -0.741. The topological polar surface area (TPSA) is 52.6 Å². The van der Waals surface area contributed by atoms with Crippen molar-refractivity contribution in [1.29, 1.82) is 0 Å². The predicted octanol–water partition coefficient (Wildman–Crippen LogP) is -0.0323. The lowest BCUT2D eigenvalue weighted by Crippen LogP contribution is -2.42. The Morgan fingerprint density at radius 3 is 2.57 bits per heavy atom. The molecule has 0 saturated heterocycles. The first-order chi connectivity index (χ1) is 6.37. The van der Waals surface area contributed by atoms with Crippen LogP contribution in [0.15, 0.2) is 0 Å². The minimum Gasteiger partial charge on any atom is -0.389 e. The van der Waals surface area contributed by atoms with E-state index in [0.717, 1.165) is 12.8 Å². The SMILES string of the molecule is CN(CC(=O)NC1CC1)CC(C)(C)O. The average molecular weight is 200 g/mol. The Hall–Kier alpha value is -0.610. The van der Waals surface area contributed by atoms with E-state index in [1.165, 1.54) is 0 Å². The molecule has 0 heterocycles. The van der Waals surface area contributed by atoms with Gasteiger partial charge in [-0.15, -0.1) is 0 Å². The molecule has 4 heteroatoms. The zero-order valence-corrected chi connectivity index (χ0v) is 9.21. The maximum atomic E-state index is 11.4. The van der Waals surface area contributed by atoms with Gasteiger partial charge < -0.3 is 10.4 Å². The van der Waals surface area contributed by atoms with Crippen molar-refractivity contribution >= 4 is 5.91 Å². The van der Waals surface area contributed by atoms with Gasteiger partial charge in [0.15, 0.2) is 0 Å². The summed E-state index contributed by atoms with van der Waals surface area (Å²) in [6, 6.07) is 0.415. The first-order valence-electron chi connectivity index (χ1n) is 5.07. The Bertz CT molecular complexity index is 207. The fourth-order valence-corrected chi connectivity index (χ4v) is 1.46. The highest BCUT2D eigenvalue weighted by atomic mass is 16.3. The molecule has 4 nitrogen and oxygen atoms in total. The van der Waals surface area contributed by atoms with Crippen LogP contribution in [0, 0.1) is 0 Å². The summed E-state index contributed by atoms with van der Waals surface area (Å²) in [5, 5.41) is 12.4. The monoisotopic (exact) mass is 200 g/mol. The molecule has 1 aliphatic rings. The number of nitrogens with one attached hydrogen (secondary N) is 1. The van der Waals surface area contributed by atoms with Crippen LogP contribution in [-0.2, 0) is 4.79 Å². The van der Waals surface area contributed by atoms with Gasteiger partial charge in [-0.1, -0.05) is 0 Å². The molecule has 14 heavy (non-hydrogen) atoms. The van der Waals surface area contributed by atoms with Crippen molar-refractivity contribution in [2.75, 3.05) is 20.1 Å². The lowest BCUT2D eigenvalue weighted by atomic mass is 10.1. The number of carbonyl (C=O) groups excluding carboxylic acids is 1. The second-order valence-electron chi connectivity index (χ2n) is 4.83. The van der Waals surface area contributed by atoms with E-state index in [0.29, 0.717) is 19.1 Å². The Labute approximate surface area is 85.3 Å². The maximum Gasteiger partial charge on any atom is 0.234 e. The number of nitrogens with zero attached hydrogens (tertiary/aromatic N) is 1. The van der Waals surface area contributed by atoms with Gasteiger partial charge in [-0.05, 0) is 33.7 Å². The molecule has 0 aliphatic heterocycles. The third-order valence-corrected chi connectivity index (χ3v) is 2.01. The molecule has 0 unspecified atom stereocenters. The van der Waals surface area contributed by atoms with E-state index >= 15 is 0 Å². The van der Waals surface area contributed by atoms with Gasteiger partial charge in [0.25, 0.3) is 0 Å². The van der Waals surface area contributed by atoms with Crippen molar-refractivity contribution in [3.8, 4) is 0 Å². The van der Waals surface area contributed by atoms with Crippen LogP contribution in [0.3, 0.4) is 0 Å². The van der Waals surface area contributed by atoms with Crippen molar-refractivity contribution in [3.05, 3.63) is 0 Å². The third kappa shape index (κ3) is 5.19. The van der Waals surface area contributed by atoms with Crippen LogP contribution in [-0.4, -0.2) is 47.7 Å². The Morgan fingerprint density at radius 1 is 1.57 bits per heavy atom. The number of hydrogen-bond acceptors (Lipinski definition) is 3. The number of carbonyl (C=O) groups is 1. The summed E-state index contributed by atoms with van der Waals surface area (Å²) in [4.78, 5) is 13.2. The van der Waals surface area contributed by atoms with Crippen LogP contribution in [0.25, 0.3) is 0 Å². The highest BCUT2D eigenvalue weighted by Crippen LogP contribution is 2.18. The highest BCUT2D eigenvalue weighted by molar-refractivity contribution is 5.78. The molecule has 0 aromatic heterocycles. The average Bonchev–Trinajstić information content (AvgIpc) is 2.64. The molecule has 1 aliphatic carbocycles. The molecule has 0 radical (unpaired) electrons. The van der Waals surface area contributed by atoms with E-state index in [1.54, 1.807) is 13.8 Å². The minimum atomic E-state index is -0.741. The van der Waals surface area contributed by atoms with Gasteiger partial charge in [-0.2, -0.15) is 0 Å². The van der Waals surface area contributed by atoms with Crippen LogP contribution < -0.4 is 5.32 Å². The van der Waals surface area contributed by atoms with Crippen molar-refractivity contribution < 1.29 is 9.90 Å². The summed E-state index contributed by atoms with van der Waals surface area (Å²) in [5.74, 6) is 0.0549. The molecule has 1 fully saturated rings. The number of aliphatic hydroxyl groups is 1. The summed E-state index contributed by atoms with van der Waals surface area (Å²) in [7, 11) is 1.84. The second kappa shape index (κ2) is 4.28. The Kier molecular flexibility index (Phi) is 3.50. The molecule has 0 spiro atoms. The lowest BCUT2D eigenvalue weighted by Gasteiger charge is -2.24. The molecule has 1 saturated carbocycles. The van der Waals surface area contributed by atoms with Crippen LogP contribution in [0.5, 0.6) is 0 Å². The van der Waals surface area contributed by atoms with E-state index in [4.69, 9.17) is 0 Å². The molecule has 0 bridgehead atoms. The summed E-state index contributed by atoms with van der Waals surface area (Å²) in [6.45, 7) is 4.34. The first kappa shape index (κ1) is 11.5. The van der Waals surface area contributed by atoms with Crippen molar-refractivity contribution in [2.24, 2.45) is 0 Å². The van der Waals surface area contributed by atoms with Gasteiger partial charge in [0.2, 0.25) is 5.91 Å². The smallest absolute Gasteiger partial charge is 0.234 e. The fourth-order valence-electron chi connectivity index (χ4n) is 1.46. The van der Waals surface area contributed by atoms with Crippen molar-refractivity contribution in [2.45, 2.75) is 38.3 Å². The quantitative estimate of drug-likeness (QED) is 0.655. The van der Waals surface area contributed by atoms with E-state index in [-0.39, 0.29) is 5.91 Å². The molecule has 82 valence electrons. The number of hydrogen-bond donors (Lipinski definition) is 2. The second-order valence-corrected chi connectivity index (χ2v) is 4.83. The molecule has 1 rings (SSSR count). The molecular formula is C10H20N2O2. The molecular weight excluding hydrogens is 180 g/mol. The van der Waals surface area contributed by atoms with Crippen molar-refractivity contribution in [1.82, 2.24) is 10.2 Å². The van der Waals surface area contributed by atoms with E-state index in [9.17, 15) is 9.90 Å². The van der Waals surface area contributed by atoms with E-state index in [1.807, 2.05) is 11.9 Å². The van der Waals surface area contributed by atoms with Crippen LogP contribution in [0.4, 0.5) is 0 Å².